The third-order valence-electron chi connectivity index (χ3n) is 7.49. The summed E-state index contributed by atoms with van der Waals surface area (Å²) in [5, 5.41) is 10.2. The highest BCUT2D eigenvalue weighted by Crippen LogP contribution is 2.56. The van der Waals surface area contributed by atoms with Crippen LogP contribution in [0.3, 0.4) is 0 Å². The average molecular weight is 531 g/mol. The summed E-state index contributed by atoms with van der Waals surface area (Å²) < 4.78 is 0. The number of benzene rings is 3. The van der Waals surface area contributed by atoms with E-state index in [2.05, 4.69) is 36.7 Å². The lowest BCUT2D eigenvalue weighted by atomic mass is 9.62. The molecular weight excluding hydrogens is 500 g/mol. The third-order valence-corrected chi connectivity index (χ3v) is 7.73. The number of para-hydroxylation sites is 1. The summed E-state index contributed by atoms with van der Waals surface area (Å²) >= 11 is 6.44. The Morgan fingerprint density at radius 2 is 1.74 bits per heavy atom. The summed E-state index contributed by atoms with van der Waals surface area (Å²) in [6.07, 6.45) is 0.656. The second kappa shape index (κ2) is 9.57. The van der Waals surface area contributed by atoms with Gasteiger partial charge in [-0.15, -0.1) is 0 Å². The number of primary amides is 1. The molecule has 2 aliphatic rings. The van der Waals surface area contributed by atoms with Gasteiger partial charge < -0.3 is 21.7 Å². The van der Waals surface area contributed by atoms with E-state index in [9.17, 15) is 14.4 Å². The molecule has 0 bridgehead atoms. The van der Waals surface area contributed by atoms with Gasteiger partial charge in [0.25, 0.3) is 0 Å². The molecule has 1 fully saturated rings. The fourth-order valence-corrected chi connectivity index (χ4v) is 6.23. The van der Waals surface area contributed by atoms with Crippen LogP contribution in [-0.4, -0.2) is 29.8 Å². The number of hydrogen-bond donors (Lipinski definition) is 4. The average Bonchev–Trinajstić information content (AvgIpc) is 3.34. The SMILES string of the molecule is CC(C)(C)CC1NC(C(=O)Nc2ccc(C(N)=O)cc2)C(c2cccc(Cl)c2)C12C(=O)Nc1ccccc12. The maximum atomic E-state index is 14.1. The van der Waals surface area contributed by atoms with Crippen LogP contribution in [-0.2, 0) is 15.0 Å². The molecule has 1 saturated heterocycles. The molecule has 0 aliphatic carbocycles. The summed E-state index contributed by atoms with van der Waals surface area (Å²) in [7, 11) is 0. The molecular formula is C30H31ClN4O3. The Hall–Kier alpha value is -3.68. The minimum absolute atomic E-state index is 0.128. The Bertz CT molecular complexity index is 1420. The van der Waals surface area contributed by atoms with E-state index in [0.29, 0.717) is 22.7 Å². The van der Waals surface area contributed by atoms with Crippen LogP contribution in [0.2, 0.25) is 5.02 Å². The number of carbonyl (C=O) groups excluding carboxylic acids is 3. The number of fused-ring (bicyclic) bond motifs is 2. The molecule has 5 N–H and O–H groups in total. The molecule has 38 heavy (non-hydrogen) atoms. The predicted molar refractivity (Wildman–Crippen MR) is 149 cm³/mol. The van der Waals surface area contributed by atoms with Crippen molar-refractivity contribution in [3.05, 3.63) is 94.5 Å². The zero-order valence-electron chi connectivity index (χ0n) is 21.5. The molecule has 3 amide bonds. The Morgan fingerprint density at radius 1 is 1.03 bits per heavy atom. The zero-order chi connectivity index (χ0) is 27.2. The first-order valence-corrected chi connectivity index (χ1v) is 13.0. The van der Waals surface area contributed by atoms with Crippen LogP contribution < -0.4 is 21.7 Å². The molecule has 7 nitrogen and oxygen atoms in total. The van der Waals surface area contributed by atoms with Gasteiger partial charge in [0.05, 0.1) is 6.04 Å². The fraction of sp³-hybridized carbons (Fsp3) is 0.300. The Morgan fingerprint density at radius 3 is 2.39 bits per heavy atom. The number of hydrogen-bond acceptors (Lipinski definition) is 4. The molecule has 0 radical (unpaired) electrons. The number of nitrogens with two attached hydrogens (primary N) is 1. The number of halogens is 1. The molecule has 2 heterocycles. The smallest absolute Gasteiger partial charge is 0.248 e. The van der Waals surface area contributed by atoms with E-state index < -0.39 is 23.3 Å². The van der Waals surface area contributed by atoms with Crippen LogP contribution in [0.15, 0.2) is 72.8 Å². The van der Waals surface area contributed by atoms with Crippen LogP contribution >= 0.6 is 11.6 Å². The monoisotopic (exact) mass is 530 g/mol. The Labute approximate surface area is 227 Å². The zero-order valence-corrected chi connectivity index (χ0v) is 22.3. The van der Waals surface area contributed by atoms with Crippen molar-refractivity contribution in [1.82, 2.24) is 5.32 Å². The second-order valence-electron chi connectivity index (χ2n) is 11.3. The van der Waals surface area contributed by atoms with Gasteiger partial charge in [0.15, 0.2) is 0 Å². The highest BCUT2D eigenvalue weighted by Gasteiger charge is 2.65. The molecule has 4 atom stereocenters. The maximum Gasteiger partial charge on any atom is 0.248 e. The van der Waals surface area contributed by atoms with E-state index in [1.165, 1.54) is 0 Å². The Balaban J connectivity index is 1.64. The number of rotatable bonds is 5. The van der Waals surface area contributed by atoms with Crippen LogP contribution in [0.5, 0.6) is 0 Å². The van der Waals surface area contributed by atoms with Gasteiger partial charge >= 0.3 is 0 Å². The first kappa shape index (κ1) is 25.9. The van der Waals surface area contributed by atoms with Gasteiger partial charge in [0.1, 0.15) is 5.41 Å². The topological polar surface area (TPSA) is 113 Å². The lowest BCUT2D eigenvalue weighted by Gasteiger charge is -2.37. The van der Waals surface area contributed by atoms with Crippen LogP contribution in [0, 0.1) is 5.41 Å². The fourth-order valence-electron chi connectivity index (χ4n) is 6.03. The standard InChI is InChI=1S/C30H31ClN4O3/c1-29(2,3)16-23-30(21-9-4-5-10-22(21)34-28(30)38)24(18-7-6-8-19(31)15-18)25(35-23)27(37)33-20-13-11-17(12-14-20)26(32)36/h4-15,23-25,35H,16H2,1-3H3,(H2,32,36)(H,33,37)(H,34,38). The van der Waals surface area contributed by atoms with Crippen molar-refractivity contribution in [2.75, 3.05) is 10.6 Å². The maximum absolute atomic E-state index is 14.1. The molecule has 8 heteroatoms. The summed E-state index contributed by atoms with van der Waals surface area (Å²) in [6, 6.07) is 20.4. The minimum atomic E-state index is -1.04. The van der Waals surface area contributed by atoms with Crippen molar-refractivity contribution in [3.63, 3.8) is 0 Å². The molecule has 3 aromatic rings. The van der Waals surface area contributed by atoms with Gasteiger partial charge in [-0.25, -0.2) is 0 Å². The van der Waals surface area contributed by atoms with Gasteiger partial charge in [0, 0.05) is 33.9 Å². The van der Waals surface area contributed by atoms with Crippen molar-refractivity contribution in [1.29, 1.82) is 0 Å². The van der Waals surface area contributed by atoms with E-state index in [-0.39, 0.29) is 23.3 Å². The second-order valence-corrected chi connectivity index (χ2v) is 11.7. The first-order valence-electron chi connectivity index (χ1n) is 12.6. The van der Waals surface area contributed by atoms with Crippen molar-refractivity contribution in [3.8, 4) is 0 Å². The Kier molecular flexibility index (Phi) is 6.53. The summed E-state index contributed by atoms with van der Waals surface area (Å²) in [5.74, 6) is -1.50. The van der Waals surface area contributed by atoms with E-state index in [4.69, 9.17) is 17.3 Å². The summed E-state index contributed by atoms with van der Waals surface area (Å²) in [5.41, 5.74) is 7.50. The molecule has 3 aromatic carbocycles. The molecule has 0 aromatic heterocycles. The number of nitrogens with one attached hydrogen (secondary N) is 3. The van der Waals surface area contributed by atoms with Crippen LogP contribution in [0.1, 0.15) is 54.6 Å². The van der Waals surface area contributed by atoms with Crippen molar-refractivity contribution in [2.45, 2.75) is 50.6 Å². The van der Waals surface area contributed by atoms with E-state index in [0.717, 1.165) is 16.8 Å². The lowest BCUT2D eigenvalue weighted by Crippen LogP contribution is -2.49. The van der Waals surface area contributed by atoms with Crippen LogP contribution in [0.4, 0.5) is 11.4 Å². The predicted octanol–water partition coefficient (Wildman–Crippen LogP) is 4.83. The molecule has 196 valence electrons. The summed E-state index contributed by atoms with van der Waals surface area (Å²) in [6.45, 7) is 6.38. The molecule has 0 saturated carbocycles. The molecule has 5 rings (SSSR count). The van der Waals surface area contributed by atoms with Gasteiger partial charge in [-0.05, 0) is 65.4 Å². The van der Waals surface area contributed by atoms with Gasteiger partial charge in [-0.1, -0.05) is 62.7 Å². The van der Waals surface area contributed by atoms with Crippen molar-refractivity contribution < 1.29 is 14.4 Å². The van der Waals surface area contributed by atoms with Gasteiger partial charge in [-0.2, -0.15) is 0 Å². The summed E-state index contributed by atoms with van der Waals surface area (Å²) in [4.78, 5) is 39.5. The first-order chi connectivity index (χ1) is 18.0. The largest absolute Gasteiger partial charge is 0.366 e. The highest BCUT2D eigenvalue weighted by atomic mass is 35.5. The van der Waals surface area contributed by atoms with E-state index >= 15 is 0 Å². The van der Waals surface area contributed by atoms with Crippen molar-refractivity contribution >= 4 is 40.7 Å². The van der Waals surface area contributed by atoms with Crippen LogP contribution in [0.25, 0.3) is 0 Å². The molecule has 4 unspecified atom stereocenters. The minimum Gasteiger partial charge on any atom is -0.366 e. The quantitative estimate of drug-likeness (QED) is 0.378. The van der Waals surface area contributed by atoms with Crippen molar-refractivity contribution in [2.24, 2.45) is 11.1 Å². The van der Waals surface area contributed by atoms with Gasteiger partial charge in [-0.3, -0.25) is 14.4 Å². The number of amides is 3. The van der Waals surface area contributed by atoms with E-state index in [1.807, 2.05) is 42.5 Å². The number of carbonyl (C=O) groups is 3. The molecule has 2 aliphatic heterocycles. The highest BCUT2D eigenvalue weighted by molar-refractivity contribution is 6.30. The number of anilines is 2. The van der Waals surface area contributed by atoms with Gasteiger partial charge in [0.2, 0.25) is 17.7 Å². The van der Waals surface area contributed by atoms with E-state index in [1.54, 1.807) is 30.3 Å². The normalized spacial score (nSPS) is 24.2. The molecule has 1 spiro atoms. The third kappa shape index (κ3) is 4.46. The lowest BCUT2D eigenvalue weighted by molar-refractivity contribution is -0.122.